The van der Waals surface area contributed by atoms with Crippen LogP contribution in [0.2, 0.25) is 5.02 Å². The molecule has 3 aromatic rings. The number of aliphatic hydroxyl groups excluding tert-OH is 3. The third kappa shape index (κ3) is 2.34. The van der Waals surface area contributed by atoms with E-state index in [1.807, 2.05) is 17.5 Å². The molecule has 9 heteroatoms. The lowest BCUT2D eigenvalue weighted by molar-refractivity contribution is -0.0508. The first-order chi connectivity index (χ1) is 11.6. The fraction of sp³-hybridized carbons (Fsp3) is 0.333. The summed E-state index contributed by atoms with van der Waals surface area (Å²) < 4.78 is 7.14. The van der Waals surface area contributed by atoms with Crippen LogP contribution < -0.4 is 0 Å². The smallest absolute Gasteiger partial charge is 0.164 e. The molecule has 4 rings (SSSR count). The maximum absolute atomic E-state index is 10.2. The molecular weight excluding hydrogens is 354 g/mol. The van der Waals surface area contributed by atoms with Crippen LogP contribution in [-0.4, -0.2) is 54.8 Å². The molecule has 1 aliphatic rings. The van der Waals surface area contributed by atoms with Crippen molar-refractivity contribution in [2.24, 2.45) is 0 Å². The highest BCUT2D eigenvalue weighted by Crippen LogP contribution is 2.38. The summed E-state index contributed by atoms with van der Waals surface area (Å²) >= 11 is 7.92. The summed E-state index contributed by atoms with van der Waals surface area (Å²) in [6, 6.07) is 3.86. The van der Waals surface area contributed by atoms with E-state index in [-0.39, 0.29) is 0 Å². The van der Waals surface area contributed by atoms with E-state index in [1.54, 1.807) is 10.8 Å². The van der Waals surface area contributed by atoms with E-state index in [4.69, 9.17) is 16.3 Å². The molecule has 0 aliphatic carbocycles. The molecule has 0 radical (unpaired) electrons. The minimum Gasteiger partial charge on any atom is -0.394 e. The molecule has 1 aliphatic heterocycles. The zero-order valence-corrected chi connectivity index (χ0v) is 13.9. The van der Waals surface area contributed by atoms with Crippen LogP contribution in [0, 0.1) is 0 Å². The van der Waals surface area contributed by atoms with Gasteiger partial charge in [0.05, 0.1) is 27.6 Å². The maximum atomic E-state index is 10.2. The van der Waals surface area contributed by atoms with Gasteiger partial charge in [-0.3, -0.25) is 0 Å². The normalized spacial score (nSPS) is 27.2. The Morgan fingerprint density at radius 1 is 1.29 bits per heavy atom. The van der Waals surface area contributed by atoms with Crippen molar-refractivity contribution in [3.05, 3.63) is 35.1 Å². The number of nitrogens with zero attached hydrogens (tertiary/aromatic N) is 3. The fourth-order valence-corrected chi connectivity index (χ4v) is 3.95. The third-order valence-corrected chi connectivity index (χ3v) is 5.27. The number of aromatic nitrogens is 3. The second kappa shape index (κ2) is 6.07. The highest BCUT2D eigenvalue weighted by Gasteiger charge is 2.44. The van der Waals surface area contributed by atoms with Crippen LogP contribution in [0.4, 0.5) is 0 Å². The SMILES string of the molecule is OC[C@H]1O[C@@H](n2cc(Cl)c3c(-c4cccs4)ncnc32)[C@H](O)[C@@H]1O. The summed E-state index contributed by atoms with van der Waals surface area (Å²) in [4.78, 5) is 9.54. The monoisotopic (exact) mass is 367 g/mol. The van der Waals surface area contributed by atoms with Gasteiger partial charge in [0.1, 0.15) is 30.3 Å². The van der Waals surface area contributed by atoms with Crippen molar-refractivity contribution in [3.8, 4) is 10.6 Å². The van der Waals surface area contributed by atoms with Crippen molar-refractivity contribution in [2.75, 3.05) is 6.61 Å². The summed E-state index contributed by atoms with van der Waals surface area (Å²) in [7, 11) is 0. The van der Waals surface area contributed by atoms with E-state index in [0.717, 1.165) is 4.88 Å². The van der Waals surface area contributed by atoms with Crippen LogP contribution in [-0.2, 0) is 4.74 Å². The van der Waals surface area contributed by atoms with Crippen molar-refractivity contribution in [1.29, 1.82) is 0 Å². The molecule has 1 fully saturated rings. The van der Waals surface area contributed by atoms with Gasteiger partial charge in [-0.15, -0.1) is 11.3 Å². The molecule has 0 amide bonds. The highest BCUT2D eigenvalue weighted by molar-refractivity contribution is 7.13. The molecule has 4 heterocycles. The quantitative estimate of drug-likeness (QED) is 0.647. The van der Waals surface area contributed by atoms with Gasteiger partial charge in [-0.1, -0.05) is 17.7 Å². The molecule has 7 nitrogen and oxygen atoms in total. The van der Waals surface area contributed by atoms with Gasteiger partial charge in [0, 0.05) is 6.20 Å². The van der Waals surface area contributed by atoms with E-state index < -0.39 is 31.1 Å². The minimum atomic E-state index is -1.20. The van der Waals surface area contributed by atoms with Crippen molar-refractivity contribution in [3.63, 3.8) is 0 Å². The largest absolute Gasteiger partial charge is 0.394 e. The molecule has 0 saturated carbocycles. The average Bonchev–Trinajstić information content (AvgIpc) is 3.29. The van der Waals surface area contributed by atoms with E-state index in [9.17, 15) is 15.3 Å². The number of halogens is 1. The number of fused-ring (bicyclic) bond motifs is 1. The van der Waals surface area contributed by atoms with Crippen LogP contribution in [0.25, 0.3) is 21.6 Å². The van der Waals surface area contributed by atoms with E-state index in [1.165, 1.54) is 17.7 Å². The molecule has 0 spiro atoms. The van der Waals surface area contributed by atoms with Crippen molar-refractivity contribution in [1.82, 2.24) is 14.5 Å². The summed E-state index contributed by atoms with van der Waals surface area (Å²) in [5.74, 6) is 0. The predicted octanol–water partition coefficient (Wildman–Crippen LogP) is 1.42. The van der Waals surface area contributed by atoms with Crippen molar-refractivity contribution < 1.29 is 20.1 Å². The first kappa shape index (κ1) is 15.9. The predicted molar refractivity (Wildman–Crippen MR) is 88.9 cm³/mol. The van der Waals surface area contributed by atoms with Gasteiger partial charge in [-0.2, -0.15) is 0 Å². The Morgan fingerprint density at radius 2 is 2.12 bits per heavy atom. The molecule has 0 bridgehead atoms. The Labute approximate surface area is 145 Å². The Hall–Kier alpha value is -1.55. The molecule has 3 aromatic heterocycles. The average molecular weight is 368 g/mol. The van der Waals surface area contributed by atoms with E-state index >= 15 is 0 Å². The second-order valence-corrected chi connectivity index (χ2v) is 6.87. The van der Waals surface area contributed by atoms with Crippen LogP contribution in [0.3, 0.4) is 0 Å². The Morgan fingerprint density at radius 3 is 2.79 bits per heavy atom. The molecule has 0 aromatic carbocycles. The van der Waals surface area contributed by atoms with Crippen molar-refractivity contribution in [2.45, 2.75) is 24.5 Å². The Bertz CT molecular complexity index is 869. The van der Waals surface area contributed by atoms with Gasteiger partial charge in [0.25, 0.3) is 0 Å². The lowest BCUT2D eigenvalue weighted by atomic mass is 10.1. The molecule has 4 atom stereocenters. The van der Waals surface area contributed by atoms with Crippen LogP contribution in [0.1, 0.15) is 6.23 Å². The van der Waals surface area contributed by atoms with Gasteiger partial charge in [-0.25, -0.2) is 9.97 Å². The van der Waals surface area contributed by atoms with Crippen LogP contribution >= 0.6 is 22.9 Å². The molecule has 126 valence electrons. The number of rotatable bonds is 3. The van der Waals surface area contributed by atoms with Gasteiger partial charge >= 0.3 is 0 Å². The lowest BCUT2D eigenvalue weighted by Crippen LogP contribution is -2.33. The zero-order chi connectivity index (χ0) is 16.8. The lowest BCUT2D eigenvalue weighted by Gasteiger charge is -2.17. The summed E-state index contributed by atoms with van der Waals surface area (Å²) in [5, 5.41) is 32.5. The van der Waals surface area contributed by atoms with E-state index in [0.29, 0.717) is 21.7 Å². The molecule has 3 N–H and O–H groups in total. The first-order valence-electron chi connectivity index (χ1n) is 7.29. The topological polar surface area (TPSA) is 101 Å². The molecular formula is C15H14ClN3O4S. The van der Waals surface area contributed by atoms with Crippen LogP contribution in [0.5, 0.6) is 0 Å². The zero-order valence-electron chi connectivity index (χ0n) is 12.3. The molecule has 1 saturated heterocycles. The van der Waals surface area contributed by atoms with Gasteiger partial charge in [0.2, 0.25) is 0 Å². The highest BCUT2D eigenvalue weighted by atomic mass is 35.5. The first-order valence-corrected chi connectivity index (χ1v) is 8.55. The Kier molecular flexibility index (Phi) is 4.03. The summed E-state index contributed by atoms with van der Waals surface area (Å²) in [5.41, 5.74) is 1.19. The number of ether oxygens (including phenoxy) is 1. The van der Waals surface area contributed by atoms with Gasteiger partial charge in [0.15, 0.2) is 6.23 Å². The Balaban J connectivity index is 1.86. The second-order valence-electron chi connectivity index (χ2n) is 5.51. The number of thiophene rings is 1. The maximum Gasteiger partial charge on any atom is 0.164 e. The van der Waals surface area contributed by atoms with E-state index in [2.05, 4.69) is 9.97 Å². The molecule has 0 unspecified atom stereocenters. The van der Waals surface area contributed by atoms with Gasteiger partial charge in [-0.05, 0) is 11.4 Å². The number of aliphatic hydroxyl groups is 3. The molecule has 24 heavy (non-hydrogen) atoms. The van der Waals surface area contributed by atoms with Crippen molar-refractivity contribution >= 4 is 34.0 Å². The summed E-state index contributed by atoms with van der Waals surface area (Å²) in [6.07, 6.45) is -1.12. The fourth-order valence-electron chi connectivity index (χ4n) is 2.94. The number of hydrogen-bond acceptors (Lipinski definition) is 7. The number of hydrogen-bond donors (Lipinski definition) is 3. The van der Waals surface area contributed by atoms with Crippen LogP contribution in [0.15, 0.2) is 30.0 Å². The third-order valence-electron chi connectivity index (χ3n) is 4.11. The standard InChI is InChI=1S/C15H14ClN3O4S/c16-7-4-19(15-13(22)12(21)8(5-20)23-15)14-10(7)11(17-6-18-14)9-2-1-3-24-9/h1-4,6,8,12-13,15,20-22H,5H2/t8-,12-,13-,15-/m1/s1. The minimum absolute atomic E-state index is 0.392. The summed E-state index contributed by atoms with van der Waals surface area (Å²) in [6.45, 7) is -0.392. The van der Waals surface area contributed by atoms with Gasteiger partial charge < -0.3 is 24.6 Å².